The Hall–Kier alpha value is -0.810. The van der Waals surface area contributed by atoms with E-state index in [1.54, 1.807) is 18.2 Å². The molecule has 0 unspecified atom stereocenters. The molecule has 0 atom stereocenters. The lowest BCUT2D eigenvalue weighted by Crippen LogP contribution is -2.30. The minimum Gasteiger partial charge on any atom is -0.337 e. The maximum absolute atomic E-state index is 11.1. The molecule has 0 bridgehead atoms. The van der Waals surface area contributed by atoms with Gasteiger partial charge in [-0.1, -0.05) is 6.07 Å². The lowest BCUT2D eigenvalue weighted by Gasteiger charge is -2.05. The summed E-state index contributed by atoms with van der Waals surface area (Å²) in [6, 6.07) is 4.96. The normalized spacial score (nSPS) is 9.57. The van der Waals surface area contributed by atoms with Crippen molar-refractivity contribution < 1.29 is 4.79 Å². The first-order valence-electron chi connectivity index (χ1n) is 3.96. The highest BCUT2D eigenvalue weighted by Crippen LogP contribution is 2.09. The summed E-state index contributed by atoms with van der Waals surface area (Å²) in [5.74, 6) is 0.880. The number of aromatic nitrogens is 1. The maximum atomic E-state index is 11.1. The molecule has 0 aliphatic rings. The summed E-state index contributed by atoms with van der Waals surface area (Å²) < 4.78 is 0.674. The standard InChI is InChI=1S/C8H9BrClN3O/c9-6-2-1-3-7(12-6)13-8(14)11-5-4-10/h1-3H,4-5H2,(H2,11,12,13,14). The summed E-state index contributed by atoms with van der Waals surface area (Å²) in [6.45, 7) is 0.432. The van der Waals surface area contributed by atoms with E-state index in [0.717, 1.165) is 0 Å². The van der Waals surface area contributed by atoms with Crippen LogP contribution in [0.15, 0.2) is 22.8 Å². The fourth-order valence-electron chi connectivity index (χ4n) is 0.799. The van der Waals surface area contributed by atoms with Gasteiger partial charge < -0.3 is 5.32 Å². The van der Waals surface area contributed by atoms with E-state index in [1.807, 2.05) is 0 Å². The molecule has 0 aromatic carbocycles. The first kappa shape index (κ1) is 11.3. The van der Waals surface area contributed by atoms with E-state index in [9.17, 15) is 4.79 Å². The third-order valence-corrected chi connectivity index (χ3v) is 1.97. The number of amides is 2. The second-order valence-corrected chi connectivity index (χ2v) is 3.61. The second-order valence-electron chi connectivity index (χ2n) is 2.42. The third-order valence-electron chi connectivity index (χ3n) is 1.34. The van der Waals surface area contributed by atoms with Gasteiger partial charge in [0.1, 0.15) is 10.4 Å². The molecule has 0 spiro atoms. The molecule has 0 saturated carbocycles. The van der Waals surface area contributed by atoms with Gasteiger partial charge in [-0.05, 0) is 28.1 Å². The Morgan fingerprint density at radius 2 is 2.36 bits per heavy atom. The van der Waals surface area contributed by atoms with Gasteiger partial charge in [0, 0.05) is 12.4 Å². The molecule has 2 amide bonds. The lowest BCUT2D eigenvalue weighted by atomic mass is 10.5. The zero-order valence-corrected chi connectivity index (χ0v) is 9.60. The number of nitrogens with zero attached hydrogens (tertiary/aromatic N) is 1. The van der Waals surface area contributed by atoms with E-state index in [4.69, 9.17) is 11.6 Å². The number of carbonyl (C=O) groups is 1. The summed E-state index contributed by atoms with van der Waals surface area (Å²) in [5, 5.41) is 5.13. The molecule has 1 aromatic rings. The van der Waals surface area contributed by atoms with Gasteiger partial charge in [0.05, 0.1) is 0 Å². The number of hydrogen-bond donors (Lipinski definition) is 2. The van der Waals surface area contributed by atoms with Crippen LogP contribution in [0.4, 0.5) is 10.6 Å². The topological polar surface area (TPSA) is 54.0 Å². The smallest absolute Gasteiger partial charge is 0.320 e. The number of anilines is 1. The van der Waals surface area contributed by atoms with E-state index in [2.05, 4.69) is 31.5 Å². The molecule has 1 rings (SSSR count). The zero-order valence-electron chi connectivity index (χ0n) is 7.26. The Morgan fingerprint density at radius 3 is 3.00 bits per heavy atom. The van der Waals surface area contributed by atoms with Crippen LogP contribution in [0.3, 0.4) is 0 Å². The van der Waals surface area contributed by atoms with Gasteiger partial charge in [-0.15, -0.1) is 11.6 Å². The molecule has 0 radical (unpaired) electrons. The Morgan fingerprint density at radius 1 is 1.57 bits per heavy atom. The molecular weight excluding hydrogens is 269 g/mol. The lowest BCUT2D eigenvalue weighted by molar-refractivity contribution is 0.252. The van der Waals surface area contributed by atoms with Crippen LogP contribution in [-0.2, 0) is 0 Å². The molecule has 0 saturated heterocycles. The SMILES string of the molecule is O=C(NCCCl)Nc1cccc(Br)n1. The first-order valence-corrected chi connectivity index (χ1v) is 5.28. The second kappa shape index (κ2) is 5.82. The van der Waals surface area contributed by atoms with Gasteiger partial charge in [-0.3, -0.25) is 5.32 Å². The highest BCUT2D eigenvalue weighted by atomic mass is 79.9. The average Bonchev–Trinajstić information content (AvgIpc) is 2.15. The Bertz CT molecular complexity index is 321. The van der Waals surface area contributed by atoms with Crippen molar-refractivity contribution in [2.45, 2.75) is 0 Å². The van der Waals surface area contributed by atoms with Crippen molar-refractivity contribution in [1.82, 2.24) is 10.3 Å². The summed E-state index contributed by atoms with van der Waals surface area (Å²) in [6.07, 6.45) is 0. The van der Waals surface area contributed by atoms with Gasteiger partial charge >= 0.3 is 6.03 Å². The van der Waals surface area contributed by atoms with Gasteiger partial charge in [-0.25, -0.2) is 9.78 Å². The largest absolute Gasteiger partial charge is 0.337 e. The third kappa shape index (κ3) is 3.93. The summed E-state index contributed by atoms with van der Waals surface area (Å²) in [5.41, 5.74) is 0. The molecule has 14 heavy (non-hydrogen) atoms. The number of urea groups is 1. The van der Waals surface area contributed by atoms with E-state index in [1.165, 1.54) is 0 Å². The van der Waals surface area contributed by atoms with Crippen LogP contribution in [0.2, 0.25) is 0 Å². The number of hydrogen-bond acceptors (Lipinski definition) is 2. The Kier molecular flexibility index (Phi) is 4.69. The number of rotatable bonds is 3. The van der Waals surface area contributed by atoms with Crippen LogP contribution in [-0.4, -0.2) is 23.4 Å². The number of alkyl halides is 1. The van der Waals surface area contributed by atoms with E-state index in [0.29, 0.717) is 22.8 Å². The number of halogens is 2. The van der Waals surface area contributed by atoms with Crippen LogP contribution in [0.5, 0.6) is 0 Å². The van der Waals surface area contributed by atoms with Crippen LogP contribution in [0.1, 0.15) is 0 Å². The molecule has 0 fully saturated rings. The van der Waals surface area contributed by atoms with Crippen molar-refractivity contribution in [2.24, 2.45) is 0 Å². The maximum Gasteiger partial charge on any atom is 0.320 e. The summed E-state index contributed by atoms with van der Waals surface area (Å²) >= 11 is 8.61. The Balaban J connectivity index is 2.47. The fraction of sp³-hybridized carbons (Fsp3) is 0.250. The van der Waals surface area contributed by atoms with Gasteiger partial charge in [0.25, 0.3) is 0 Å². The number of nitrogens with one attached hydrogen (secondary N) is 2. The monoisotopic (exact) mass is 277 g/mol. The first-order chi connectivity index (χ1) is 6.72. The zero-order chi connectivity index (χ0) is 10.4. The van der Waals surface area contributed by atoms with E-state index < -0.39 is 0 Å². The Labute approximate surface area is 95.2 Å². The van der Waals surface area contributed by atoms with E-state index >= 15 is 0 Å². The summed E-state index contributed by atoms with van der Waals surface area (Å²) in [4.78, 5) is 15.2. The van der Waals surface area contributed by atoms with Crippen molar-refractivity contribution in [1.29, 1.82) is 0 Å². The van der Waals surface area contributed by atoms with Crippen molar-refractivity contribution in [3.8, 4) is 0 Å². The molecule has 6 heteroatoms. The molecule has 76 valence electrons. The molecule has 0 aliphatic carbocycles. The van der Waals surface area contributed by atoms with Crippen molar-refractivity contribution >= 4 is 39.4 Å². The average molecular weight is 279 g/mol. The fourth-order valence-corrected chi connectivity index (χ4v) is 1.24. The van der Waals surface area contributed by atoms with Crippen molar-refractivity contribution in [3.63, 3.8) is 0 Å². The van der Waals surface area contributed by atoms with Gasteiger partial charge in [-0.2, -0.15) is 0 Å². The quantitative estimate of drug-likeness (QED) is 0.658. The van der Waals surface area contributed by atoms with Crippen LogP contribution < -0.4 is 10.6 Å². The molecular formula is C8H9BrClN3O. The molecule has 0 aliphatic heterocycles. The highest BCUT2D eigenvalue weighted by molar-refractivity contribution is 9.10. The highest BCUT2D eigenvalue weighted by Gasteiger charge is 2.01. The number of carbonyl (C=O) groups excluding carboxylic acids is 1. The summed E-state index contributed by atoms with van der Waals surface area (Å²) in [7, 11) is 0. The predicted molar refractivity (Wildman–Crippen MR) is 59.7 cm³/mol. The van der Waals surface area contributed by atoms with Gasteiger partial charge in [0.2, 0.25) is 0 Å². The number of pyridine rings is 1. The molecule has 1 heterocycles. The van der Waals surface area contributed by atoms with Crippen LogP contribution in [0, 0.1) is 0 Å². The van der Waals surface area contributed by atoms with Crippen molar-refractivity contribution in [3.05, 3.63) is 22.8 Å². The predicted octanol–water partition coefficient (Wildman–Crippen LogP) is 2.20. The van der Waals surface area contributed by atoms with Crippen LogP contribution >= 0.6 is 27.5 Å². The molecule has 4 nitrogen and oxygen atoms in total. The van der Waals surface area contributed by atoms with Crippen molar-refractivity contribution in [2.75, 3.05) is 17.7 Å². The van der Waals surface area contributed by atoms with Gasteiger partial charge in [0.15, 0.2) is 0 Å². The molecule has 2 N–H and O–H groups in total. The minimum absolute atomic E-state index is 0.309. The van der Waals surface area contributed by atoms with Crippen LogP contribution in [0.25, 0.3) is 0 Å². The van der Waals surface area contributed by atoms with E-state index in [-0.39, 0.29) is 6.03 Å². The minimum atomic E-state index is -0.309. The molecule has 1 aromatic heterocycles.